The molecule has 1 atom stereocenters. The van der Waals surface area contributed by atoms with Crippen LogP contribution in [0.25, 0.3) is 16.6 Å². The Kier molecular flexibility index (Phi) is 5.60. The van der Waals surface area contributed by atoms with Crippen LogP contribution in [0.3, 0.4) is 0 Å². The summed E-state index contributed by atoms with van der Waals surface area (Å²) >= 11 is 0.837. The molecule has 0 saturated heterocycles. The van der Waals surface area contributed by atoms with E-state index in [1.54, 1.807) is 30.3 Å². The fourth-order valence-corrected chi connectivity index (χ4v) is 3.81. The number of amides is 1. The molecule has 0 radical (unpaired) electrons. The number of Topliss-reactive ketones (excluding diaryl/α,β-unsaturated/α-hetero) is 1. The van der Waals surface area contributed by atoms with E-state index in [0.717, 1.165) is 16.3 Å². The molecule has 6 nitrogen and oxygen atoms in total. The van der Waals surface area contributed by atoms with Crippen molar-refractivity contribution in [2.24, 2.45) is 0 Å². The van der Waals surface area contributed by atoms with Crippen molar-refractivity contribution in [3.8, 4) is 5.69 Å². The molecule has 28 heavy (non-hydrogen) atoms. The van der Waals surface area contributed by atoms with E-state index in [0.29, 0.717) is 10.9 Å². The molecule has 0 aliphatic carbocycles. The normalized spacial score (nSPS) is 12.0. The highest BCUT2D eigenvalue weighted by atomic mass is 32.2. The molecule has 0 fully saturated rings. The van der Waals surface area contributed by atoms with Crippen LogP contribution in [-0.4, -0.2) is 45.5 Å². The van der Waals surface area contributed by atoms with Crippen LogP contribution in [0.1, 0.15) is 6.92 Å². The molecule has 0 spiro atoms. The summed E-state index contributed by atoms with van der Waals surface area (Å²) in [4.78, 5) is 43.4. The molecule has 0 unspecified atom stereocenters. The number of rotatable bonds is 5. The van der Waals surface area contributed by atoms with Crippen LogP contribution in [0.15, 0.2) is 58.5 Å². The first-order valence-corrected chi connectivity index (χ1v) is 9.34. The zero-order chi connectivity index (χ0) is 20.4. The number of para-hydroxylation sites is 2. The van der Waals surface area contributed by atoms with Crippen molar-refractivity contribution in [1.29, 1.82) is 0 Å². The van der Waals surface area contributed by atoms with Crippen molar-refractivity contribution in [3.05, 3.63) is 64.7 Å². The summed E-state index contributed by atoms with van der Waals surface area (Å²) in [6, 6.07) is 12.5. The number of ketones is 1. The van der Waals surface area contributed by atoms with Gasteiger partial charge in [-0.05, 0) is 31.2 Å². The van der Waals surface area contributed by atoms with Gasteiger partial charge in [0.15, 0.2) is 10.9 Å². The summed E-state index contributed by atoms with van der Waals surface area (Å²) in [5, 5.41) is -0.710. The van der Waals surface area contributed by atoms with E-state index in [-0.39, 0.29) is 16.6 Å². The van der Waals surface area contributed by atoms with Crippen molar-refractivity contribution in [2.45, 2.75) is 17.3 Å². The number of benzene rings is 2. The fraction of sp³-hybridized carbons (Fsp3) is 0.200. The molecule has 1 aromatic heterocycles. The lowest BCUT2D eigenvalue weighted by atomic mass is 10.2. The summed E-state index contributed by atoms with van der Waals surface area (Å²) in [7, 11) is 3.08. The average Bonchev–Trinajstić information content (AvgIpc) is 2.66. The van der Waals surface area contributed by atoms with E-state index in [1.165, 1.54) is 44.1 Å². The van der Waals surface area contributed by atoms with Crippen LogP contribution >= 0.6 is 11.8 Å². The smallest absolute Gasteiger partial charge is 0.266 e. The van der Waals surface area contributed by atoms with Gasteiger partial charge in [-0.2, -0.15) is 0 Å². The van der Waals surface area contributed by atoms with Crippen LogP contribution in [0, 0.1) is 5.82 Å². The van der Waals surface area contributed by atoms with Gasteiger partial charge in [-0.1, -0.05) is 36.0 Å². The van der Waals surface area contributed by atoms with Crippen molar-refractivity contribution >= 4 is 34.4 Å². The highest BCUT2D eigenvalue weighted by molar-refractivity contribution is 8.01. The lowest BCUT2D eigenvalue weighted by Gasteiger charge is -2.20. The molecule has 3 rings (SSSR count). The third-order valence-electron chi connectivity index (χ3n) is 4.10. The molecular weight excluding hydrogens is 381 g/mol. The Balaban J connectivity index is 2.27. The molecule has 0 aliphatic rings. The van der Waals surface area contributed by atoms with Gasteiger partial charge in [0.1, 0.15) is 11.1 Å². The second-order valence-corrected chi connectivity index (χ2v) is 7.42. The third-order valence-corrected chi connectivity index (χ3v) is 5.35. The number of hydrogen-bond acceptors (Lipinski definition) is 5. The second-order valence-electron chi connectivity index (χ2n) is 6.34. The van der Waals surface area contributed by atoms with Gasteiger partial charge in [-0.25, -0.2) is 9.37 Å². The average molecular weight is 399 g/mol. The predicted molar refractivity (Wildman–Crippen MR) is 106 cm³/mol. The number of carbonyl (C=O) groups excluding carboxylic acids is 2. The van der Waals surface area contributed by atoms with E-state index in [2.05, 4.69) is 4.98 Å². The molecule has 1 amide bonds. The van der Waals surface area contributed by atoms with Crippen molar-refractivity contribution in [1.82, 2.24) is 14.5 Å². The van der Waals surface area contributed by atoms with Crippen molar-refractivity contribution < 1.29 is 14.0 Å². The minimum absolute atomic E-state index is 0.00728. The number of aromatic nitrogens is 2. The number of thioether (sulfide) groups is 1. The minimum Gasteiger partial charge on any atom is -0.347 e. The maximum absolute atomic E-state index is 14.5. The highest BCUT2D eigenvalue weighted by Gasteiger charge is 2.29. The van der Waals surface area contributed by atoms with Gasteiger partial charge in [-0.3, -0.25) is 19.0 Å². The van der Waals surface area contributed by atoms with Gasteiger partial charge in [0.2, 0.25) is 5.91 Å². The standard InChI is InChI=1S/C20H18FN3O3S/c1-12(25)17(19(27)23(2)3)28-20-22-15-10-6-4-8-13(15)18(26)24(20)16-11-7-5-9-14(16)21/h4-11,17H,1-3H3/t17-/m1/s1. The number of nitrogens with zero attached hydrogens (tertiary/aromatic N) is 3. The van der Waals surface area contributed by atoms with Crippen LogP contribution in [-0.2, 0) is 9.59 Å². The summed E-state index contributed by atoms with van der Waals surface area (Å²) < 4.78 is 15.6. The predicted octanol–water partition coefficient (Wildman–Crippen LogP) is 2.66. The molecule has 0 bridgehead atoms. The number of hydrogen-bond donors (Lipinski definition) is 0. The van der Waals surface area contributed by atoms with E-state index in [4.69, 9.17) is 0 Å². The van der Waals surface area contributed by atoms with Crippen molar-refractivity contribution in [3.63, 3.8) is 0 Å². The first-order valence-electron chi connectivity index (χ1n) is 8.46. The highest BCUT2D eigenvalue weighted by Crippen LogP contribution is 2.27. The zero-order valence-corrected chi connectivity index (χ0v) is 16.4. The van der Waals surface area contributed by atoms with Crippen LogP contribution in [0.2, 0.25) is 0 Å². The molecule has 0 aliphatic heterocycles. The maximum Gasteiger partial charge on any atom is 0.266 e. The Bertz CT molecular complexity index is 1130. The van der Waals surface area contributed by atoms with Gasteiger partial charge in [0.05, 0.1) is 16.6 Å². The van der Waals surface area contributed by atoms with Gasteiger partial charge in [0.25, 0.3) is 5.56 Å². The quantitative estimate of drug-likeness (QED) is 0.375. The zero-order valence-electron chi connectivity index (χ0n) is 15.5. The van der Waals surface area contributed by atoms with Crippen LogP contribution < -0.4 is 5.56 Å². The monoisotopic (exact) mass is 399 g/mol. The van der Waals surface area contributed by atoms with E-state index in [1.807, 2.05) is 0 Å². The Labute approximate surface area is 165 Å². The maximum atomic E-state index is 14.5. The molecule has 3 aromatic rings. The molecular formula is C20H18FN3O3S. The number of carbonyl (C=O) groups is 2. The molecule has 8 heteroatoms. The van der Waals surface area contributed by atoms with Crippen LogP contribution in [0.5, 0.6) is 0 Å². The Morgan fingerprint density at radius 1 is 1.11 bits per heavy atom. The van der Waals surface area contributed by atoms with Crippen LogP contribution in [0.4, 0.5) is 4.39 Å². The minimum atomic E-state index is -1.10. The molecule has 2 aromatic carbocycles. The van der Waals surface area contributed by atoms with Crippen molar-refractivity contribution in [2.75, 3.05) is 14.1 Å². The number of fused-ring (bicyclic) bond motifs is 1. The Morgan fingerprint density at radius 2 is 1.75 bits per heavy atom. The summed E-state index contributed by atoms with van der Waals surface area (Å²) in [5.41, 5.74) is -0.0622. The molecule has 1 heterocycles. The van der Waals surface area contributed by atoms with Gasteiger partial charge >= 0.3 is 0 Å². The lowest BCUT2D eigenvalue weighted by Crippen LogP contribution is -2.36. The summed E-state index contributed by atoms with van der Waals surface area (Å²) in [6.07, 6.45) is 0. The van der Waals surface area contributed by atoms with Gasteiger partial charge < -0.3 is 4.90 Å². The third kappa shape index (κ3) is 3.68. The fourth-order valence-electron chi connectivity index (χ4n) is 2.68. The molecule has 144 valence electrons. The summed E-state index contributed by atoms with van der Waals surface area (Å²) in [6.45, 7) is 1.30. The first kappa shape index (κ1) is 19.8. The molecule has 0 N–H and O–H groups in total. The number of halogens is 1. The largest absolute Gasteiger partial charge is 0.347 e. The van der Waals surface area contributed by atoms with Gasteiger partial charge in [0, 0.05) is 14.1 Å². The van der Waals surface area contributed by atoms with E-state index in [9.17, 15) is 18.8 Å². The van der Waals surface area contributed by atoms with Gasteiger partial charge in [-0.15, -0.1) is 0 Å². The van der Waals surface area contributed by atoms with E-state index >= 15 is 0 Å². The Hall–Kier alpha value is -3.00. The lowest BCUT2D eigenvalue weighted by molar-refractivity contribution is -0.132. The molecule has 0 saturated carbocycles. The summed E-state index contributed by atoms with van der Waals surface area (Å²) in [5.74, 6) is -1.42. The SMILES string of the molecule is CC(=O)[C@@H](Sc1nc2ccccc2c(=O)n1-c1ccccc1F)C(=O)N(C)C. The topological polar surface area (TPSA) is 72.3 Å². The Morgan fingerprint density at radius 3 is 2.39 bits per heavy atom. The first-order chi connectivity index (χ1) is 13.3. The second kappa shape index (κ2) is 7.93. The van der Waals surface area contributed by atoms with E-state index < -0.39 is 22.5 Å².